The van der Waals surface area contributed by atoms with Crippen LogP contribution in [0.3, 0.4) is 0 Å². The number of nitrogens with zero attached hydrogens (tertiary/aromatic N) is 1. The molecule has 3 aromatic carbocycles. The first-order valence-corrected chi connectivity index (χ1v) is 14.4. The third kappa shape index (κ3) is 6.63. The van der Waals surface area contributed by atoms with Gasteiger partial charge in [0.05, 0.1) is 33.2 Å². The normalized spacial score (nSPS) is 16.6. The van der Waals surface area contributed by atoms with Crippen molar-refractivity contribution in [1.82, 2.24) is 5.32 Å². The molecule has 0 aromatic heterocycles. The Morgan fingerprint density at radius 3 is 2.52 bits per heavy atom. The Kier molecular flexibility index (Phi) is 9.12. The van der Waals surface area contributed by atoms with Crippen LogP contribution in [0.15, 0.2) is 53.0 Å². The minimum absolute atomic E-state index is 0.00300. The Balaban J connectivity index is 1.45. The van der Waals surface area contributed by atoms with Gasteiger partial charge < -0.3 is 20.5 Å². The molecule has 208 valence electrons. The molecular formula is C26H19BrCl2FN3O6S. The van der Waals surface area contributed by atoms with Gasteiger partial charge in [0.2, 0.25) is 5.91 Å². The SMILES string of the molecule is N#Cc1cc(Cl)cc(Oc2c(Br)ccc(CC(=O)Nc3ccc(C(=O)N[C@@H]4C(=O)[SH4]C(=O)[C@H]4O)cc3Cl)c2F)c1. The topological polar surface area (TPSA) is 146 Å². The van der Waals surface area contributed by atoms with Crippen molar-refractivity contribution in [2.45, 2.75) is 18.6 Å². The third-order valence-corrected chi connectivity index (χ3v) is 8.54. The quantitative estimate of drug-likeness (QED) is 0.345. The van der Waals surface area contributed by atoms with E-state index in [1.54, 1.807) is 0 Å². The van der Waals surface area contributed by atoms with Crippen LogP contribution in [0.1, 0.15) is 21.5 Å². The standard InChI is InChI=1S/C26H19BrCl2FN3O6S/c27-16-3-1-12(20(30)23(16)39-15-6-11(10-31)5-14(28)9-15)8-19(34)32-18-4-2-13(7-17(18)29)24(36)33-21-22(35)26(38)40-25(21)37/h1-7,9,21-22,35H,8H2,40H4,(H,32,34)(H,33,36)/t21-,22-/m0/s1. The number of nitriles is 1. The van der Waals surface area contributed by atoms with Gasteiger partial charge in [-0.05, 0) is 58.4 Å². The van der Waals surface area contributed by atoms with E-state index in [0.717, 1.165) is 0 Å². The fourth-order valence-electron chi connectivity index (χ4n) is 3.86. The molecule has 0 unspecified atom stereocenters. The van der Waals surface area contributed by atoms with Gasteiger partial charge in [0.1, 0.15) is 17.9 Å². The molecule has 1 aliphatic heterocycles. The predicted octanol–water partition coefficient (Wildman–Crippen LogP) is 3.93. The molecule has 2 amide bonds. The van der Waals surface area contributed by atoms with Gasteiger partial charge in [-0.15, -0.1) is 0 Å². The average Bonchev–Trinajstić information content (AvgIpc) is 3.14. The number of hydrogen-bond acceptors (Lipinski definition) is 7. The van der Waals surface area contributed by atoms with Crippen molar-refractivity contribution in [3.63, 3.8) is 0 Å². The number of carbonyl (C=O) groups is 4. The second-order valence-electron chi connectivity index (χ2n) is 8.66. The maximum Gasteiger partial charge on any atom is 0.252 e. The van der Waals surface area contributed by atoms with Crippen LogP contribution in [0.25, 0.3) is 0 Å². The van der Waals surface area contributed by atoms with E-state index in [4.69, 9.17) is 33.2 Å². The summed E-state index contributed by atoms with van der Waals surface area (Å²) in [6, 6.07) is 11.7. The first kappa shape index (κ1) is 29.5. The van der Waals surface area contributed by atoms with Crippen LogP contribution in [0.5, 0.6) is 11.5 Å². The summed E-state index contributed by atoms with van der Waals surface area (Å²) in [7, 11) is 0. The molecule has 0 aliphatic carbocycles. The number of aliphatic hydroxyl groups is 1. The van der Waals surface area contributed by atoms with Crippen molar-refractivity contribution < 1.29 is 33.4 Å². The zero-order valence-corrected chi connectivity index (χ0v) is 24.6. The average molecular weight is 671 g/mol. The lowest BCUT2D eigenvalue weighted by atomic mass is 10.1. The fraction of sp³-hybridized carbons (Fsp3) is 0.115. The maximum atomic E-state index is 15.3. The summed E-state index contributed by atoms with van der Waals surface area (Å²) >= 11 is 13.7. The minimum Gasteiger partial charge on any atom is -0.453 e. The molecule has 4 rings (SSSR count). The van der Waals surface area contributed by atoms with Crippen molar-refractivity contribution in [3.05, 3.63) is 85.6 Å². The van der Waals surface area contributed by atoms with Crippen LogP contribution in [0.4, 0.5) is 10.1 Å². The molecule has 1 heterocycles. The maximum absolute atomic E-state index is 15.3. The number of anilines is 1. The van der Waals surface area contributed by atoms with Crippen molar-refractivity contribution in [2.24, 2.45) is 0 Å². The highest BCUT2D eigenvalue weighted by atomic mass is 79.9. The van der Waals surface area contributed by atoms with Crippen molar-refractivity contribution in [1.29, 1.82) is 5.26 Å². The highest BCUT2D eigenvalue weighted by Crippen LogP contribution is 2.36. The summed E-state index contributed by atoms with van der Waals surface area (Å²) in [6.45, 7) is 0. The van der Waals surface area contributed by atoms with Gasteiger partial charge >= 0.3 is 0 Å². The number of hydrogen-bond donors (Lipinski definition) is 3. The van der Waals surface area contributed by atoms with Crippen LogP contribution in [0, 0.1) is 17.1 Å². The lowest BCUT2D eigenvalue weighted by Crippen LogP contribution is -2.45. The number of carbonyl (C=O) groups excluding carboxylic acids is 4. The van der Waals surface area contributed by atoms with Crippen molar-refractivity contribution in [3.8, 4) is 17.6 Å². The zero-order valence-electron chi connectivity index (χ0n) is 20.1. The Bertz CT molecular complexity index is 1620. The van der Waals surface area contributed by atoms with Gasteiger partial charge in [0.15, 0.2) is 21.8 Å². The van der Waals surface area contributed by atoms with Crippen LogP contribution >= 0.6 is 50.9 Å². The largest absolute Gasteiger partial charge is 0.453 e. The number of halogens is 4. The molecule has 2 atom stereocenters. The van der Waals surface area contributed by atoms with E-state index in [0.29, 0.717) is 0 Å². The van der Waals surface area contributed by atoms with E-state index in [-0.39, 0.29) is 48.4 Å². The Hall–Kier alpha value is -3.47. The van der Waals surface area contributed by atoms with E-state index in [1.165, 1.54) is 48.5 Å². The summed E-state index contributed by atoms with van der Waals surface area (Å²) in [4.78, 5) is 48.7. The van der Waals surface area contributed by atoms with Crippen LogP contribution < -0.4 is 15.4 Å². The van der Waals surface area contributed by atoms with E-state index >= 15 is 4.39 Å². The van der Waals surface area contributed by atoms with Crippen molar-refractivity contribution in [2.75, 3.05) is 5.32 Å². The smallest absolute Gasteiger partial charge is 0.252 e. The summed E-state index contributed by atoms with van der Waals surface area (Å²) in [6.07, 6.45) is -1.95. The first-order valence-electron chi connectivity index (χ1n) is 11.5. The number of amides is 2. The Morgan fingerprint density at radius 2 is 1.88 bits per heavy atom. The van der Waals surface area contributed by atoms with Gasteiger partial charge in [-0.1, -0.05) is 29.3 Å². The number of aliphatic hydroxyl groups excluding tert-OH is 1. The highest BCUT2D eigenvalue weighted by molar-refractivity contribution is 9.10. The number of rotatable bonds is 7. The molecule has 0 saturated carbocycles. The van der Waals surface area contributed by atoms with Gasteiger partial charge in [-0.3, -0.25) is 19.2 Å². The second kappa shape index (κ2) is 12.4. The fourth-order valence-corrected chi connectivity index (χ4v) is 6.04. The van der Waals surface area contributed by atoms with E-state index in [2.05, 4.69) is 26.6 Å². The Morgan fingerprint density at radius 1 is 1.12 bits per heavy atom. The highest BCUT2D eigenvalue weighted by Gasteiger charge is 2.39. The Labute approximate surface area is 248 Å². The first-order chi connectivity index (χ1) is 19.0. The molecular weight excluding hydrogens is 652 g/mol. The summed E-state index contributed by atoms with van der Waals surface area (Å²) < 4.78 is 21.2. The predicted molar refractivity (Wildman–Crippen MR) is 155 cm³/mol. The lowest BCUT2D eigenvalue weighted by Gasteiger charge is -2.15. The third-order valence-electron chi connectivity index (χ3n) is 5.83. The zero-order chi connectivity index (χ0) is 29.1. The van der Waals surface area contributed by atoms with Crippen molar-refractivity contribution >= 4 is 78.6 Å². The molecule has 0 spiro atoms. The van der Waals surface area contributed by atoms with Gasteiger partial charge in [0.25, 0.3) is 5.91 Å². The monoisotopic (exact) mass is 669 g/mol. The van der Waals surface area contributed by atoms with Crippen LogP contribution in [0.2, 0.25) is 10.0 Å². The number of ether oxygens (including phenoxy) is 1. The number of benzene rings is 3. The van der Waals surface area contributed by atoms with Crippen LogP contribution in [-0.2, 0) is 20.8 Å². The molecule has 9 nitrogen and oxygen atoms in total. The number of nitrogens with one attached hydrogen (secondary N) is 2. The molecule has 3 N–H and O–H groups in total. The summed E-state index contributed by atoms with van der Waals surface area (Å²) in [5.41, 5.74) is 0.393. The van der Waals surface area contributed by atoms with E-state index in [1.807, 2.05) is 6.07 Å². The van der Waals surface area contributed by atoms with Gasteiger partial charge in [-0.2, -0.15) is 5.26 Å². The van der Waals surface area contributed by atoms with Gasteiger partial charge in [-0.25, -0.2) is 16.2 Å². The second-order valence-corrected chi connectivity index (χ2v) is 12.1. The van der Waals surface area contributed by atoms with E-state index in [9.17, 15) is 24.3 Å². The molecule has 0 bridgehead atoms. The van der Waals surface area contributed by atoms with Gasteiger partial charge in [0, 0.05) is 16.1 Å². The molecule has 1 fully saturated rings. The molecule has 14 heteroatoms. The molecule has 0 radical (unpaired) electrons. The minimum atomic E-state index is -1.78. The molecule has 1 saturated heterocycles. The summed E-state index contributed by atoms with van der Waals surface area (Å²) in [5, 5.41) is 23.0. The molecule has 3 aromatic rings. The molecule has 40 heavy (non-hydrogen) atoms. The molecule has 1 aliphatic rings. The summed E-state index contributed by atoms with van der Waals surface area (Å²) in [5.74, 6) is -2.25. The van der Waals surface area contributed by atoms with Crippen LogP contribution in [-0.4, -0.2) is 39.3 Å². The van der Waals surface area contributed by atoms with E-state index < -0.39 is 58.2 Å². The lowest BCUT2D eigenvalue weighted by molar-refractivity contribution is -0.121.